The summed E-state index contributed by atoms with van der Waals surface area (Å²) in [5.74, 6) is -0.0889. The summed E-state index contributed by atoms with van der Waals surface area (Å²) in [6, 6.07) is 5.70. The molecule has 0 bridgehead atoms. The number of rotatable bonds is 6. The Hall–Kier alpha value is -3.36. The van der Waals surface area contributed by atoms with Gasteiger partial charge in [0.25, 0.3) is 5.91 Å². The van der Waals surface area contributed by atoms with E-state index in [-0.39, 0.29) is 24.7 Å². The summed E-state index contributed by atoms with van der Waals surface area (Å²) in [7, 11) is 3.05. The van der Waals surface area contributed by atoms with Crippen LogP contribution in [0.1, 0.15) is 26.2 Å². The average molecular weight is 399 g/mol. The topological polar surface area (TPSA) is 88.0 Å². The van der Waals surface area contributed by atoms with E-state index in [1.807, 2.05) is 6.92 Å². The first kappa shape index (κ1) is 20.4. The Balaban J connectivity index is 1.89. The largest absolute Gasteiger partial charge is 0.496 e. The van der Waals surface area contributed by atoms with Crippen LogP contribution >= 0.6 is 0 Å². The van der Waals surface area contributed by atoms with Crippen molar-refractivity contribution in [2.75, 3.05) is 25.6 Å². The van der Waals surface area contributed by atoms with Crippen LogP contribution in [0.4, 0.5) is 10.2 Å². The fourth-order valence-corrected chi connectivity index (χ4v) is 3.00. The quantitative estimate of drug-likeness (QED) is 0.745. The van der Waals surface area contributed by atoms with Gasteiger partial charge in [0.1, 0.15) is 29.4 Å². The molecule has 0 saturated heterocycles. The average Bonchev–Trinajstić information content (AvgIpc) is 2.74. The maximum atomic E-state index is 13.7. The van der Waals surface area contributed by atoms with Gasteiger partial charge in [0.05, 0.1) is 12.8 Å². The molecular formula is C20H22FN5O3. The maximum Gasteiger partial charge on any atom is 0.275 e. The summed E-state index contributed by atoms with van der Waals surface area (Å²) in [5, 5.41) is 5.56. The van der Waals surface area contributed by atoms with Crippen LogP contribution < -0.4 is 9.64 Å². The van der Waals surface area contributed by atoms with Crippen molar-refractivity contribution in [1.29, 1.82) is 0 Å². The minimum atomic E-state index is -0.428. The number of methoxy groups -OCH3 is 1. The molecule has 1 aliphatic heterocycles. The predicted octanol–water partition coefficient (Wildman–Crippen LogP) is 2.64. The number of halogens is 1. The van der Waals surface area contributed by atoms with Gasteiger partial charge >= 0.3 is 0 Å². The van der Waals surface area contributed by atoms with Crippen molar-refractivity contribution >= 4 is 23.3 Å². The van der Waals surface area contributed by atoms with Gasteiger partial charge in [0.2, 0.25) is 5.91 Å². The number of hydrogen-bond donors (Lipinski definition) is 0. The van der Waals surface area contributed by atoms with Gasteiger partial charge in [0, 0.05) is 38.1 Å². The van der Waals surface area contributed by atoms with Crippen molar-refractivity contribution in [3.05, 3.63) is 36.4 Å². The molecule has 29 heavy (non-hydrogen) atoms. The minimum Gasteiger partial charge on any atom is -0.496 e. The van der Waals surface area contributed by atoms with Gasteiger partial charge in [-0.3, -0.25) is 14.5 Å². The van der Waals surface area contributed by atoms with E-state index < -0.39 is 5.82 Å². The van der Waals surface area contributed by atoms with Crippen molar-refractivity contribution in [1.82, 2.24) is 15.0 Å². The number of nitrogens with zero attached hydrogens (tertiary/aromatic N) is 5. The van der Waals surface area contributed by atoms with Crippen LogP contribution in [0.2, 0.25) is 0 Å². The first-order valence-corrected chi connectivity index (χ1v) is 9.26. The molecule has 152 valence electrons. The Labute approximate surface area is 168 Å². The van der Waals surface area contributed by atoms with E-state index in [0.29, 0.717) is 35.1 Å². The number of aromatic nitrogens is 2. The Morgan fingerprint density at radius 1 is 1.28 bits per heavy atom. The van der Waals surface area contributed by atoms with Crippen LogP contribution in [-0.2, 0) is 9.59 Å². The van der Waals surface area contributed by atoms with E-state index >= 15 is 0 Å². The molecule has 2 amide bonds. The summed E-state index contributed by atoms with van der Waals surface area (Å²) in [6.45, 7) is 2.41. The third-order valence-electron chi connectivity index (χ3n) is 4.53. The van der Waals surface area contributed by atoms with Crippen LogP contribution in [-0.4, -0.2) is 53.2 Å². The number of amides is 2. The first-order chi connectivity index (χ1) is 13.9. The van der Waals surface area contributed by atoms with Gasteiger partial charge in [-0.2, -0.15) is 5.10 Å². The molecule has 8 nitrogen and oxygen atoms in total. The molecule has 2 heterocycles. The summed E-state index contributed by atoms with van der Waals surface area (Å²) in [5.41, 5.74) is 1.16. The highest BCUT2D eigenvalue weighted by atomic mass is 19.1. The normalized spacial score (nSPS) is 13.9. The van der Waals surface area contributed by atoms with Crippen molar-refractivity contribution in [2.24, 2.45) is 5.10 Å². The van der Waals surface area contributed by atoms with Gasteiger partial charge < -0.3 is 4.74 Å². The fraction of sp³-hybridized carbons (Fsp3) is 0.350. The first-order valence-electron chi connectivity index (χ1n) is 9.26. The summed E-state index contributed by atoms with van der Waals surface area (Å²) >= 11 is 0. The Kier molecular flexibility index (Phi) is 6.16. The molecule has 0 N–H and O–H groups in total. The molecule has 2 aromatic rings. The van der Waals surface area contributed by atoms with E-state index in [1.54, 1.807) is 13.1 Å². The molecule has 1 aromatic heterocycles. The second-order valence-corrected chi connectivity index (χ2v) is 6.53. The van der Waals surface area contributed by atoms with Crippen molar-refractivity contribution in [3.8, 4) is 17.0 Å². The van der Waals surface area contributed by atoms with Crippen molar-refractivity contribution in [2.45, 2.75) is 26.2 Å². The van der Waals surface area contributed by atoms with E-state index in [1.165, 1.54) is 41.5 Å². The molecule has 0 unspecified atom stereocenters. The smallest absolute Gasteiger partial charge is 0.275 e. The third kappa shape index (κ3) is 4.39. The van der Waals surface area contributed by atoms with Gasteiger partial charge in [-0.1, -0.05) is 6.92 Å². The minimum absolute atomic E-state index is 0.0893. The number of carbonyl (C=O) groups excluding carboxylic acids is 2. The Morgan fingerprint density at radius 2 is 2.07 bits per heavy atom. The highest BCUT2D eigenvalue weighted by Gasteiger charge is 2.27. The molecule has 9 heteroatoms. The lowest BCUT2D eigenvalue weighted by Gasteiger charge is -2.25. The second kappa shape index (κ2) is 8.76. The molecule has 0 saturated carbocycles. The highest BCUT2D eigenvalue weighted by Crippen LogP contribution is 2.30. The monoisotopic (exact) mass is 399 g/mol. The maximum absolute atomic E-state index is 13.7. The van der Waals surface area contributed by atoms with E-state index in [4.69, 9.17) is 4.74 Å². The number of anilines is 1. The second-order valence-electron chi connectivity index (χ2n) is 6.53. The number of hydrogen-bond acceptors (Lipinski definition) is 6. The number of hydrazone groups is 1. The zero-order valence-electron chi connectivity index (χ0n) is 16.6. The molecular weight excluding hydrogens is 377 g/mol. The lowest BCUT2D eigenvalue weighted by molar-refractivity contribution is -0.131. The molecule has 0 spiro atoms. The molecule has 0 atom stereocenters. The molecule has 0 radical (unpaired) electrons. The van der Waals surface area contributed by atoms with E-state index in [9.17, 15) is 14.0 Å². The van der Waals surface area contributed by atoms with Gasteiger partial charge in [-0.05, 0) is 24.6 Å². The Bertz CT molecular complexity index is 963. The van der Waals surface area contributed by atoms with Crippen LogP contribution in [0.15, 0.2) is 35.7 Å². The fourth-order valence-electron chi connectivity index (χ4n) is 3.00. The summed E-state index contributed by atoms with van der Waals surface area (Å²) in [4.78, 5) is 34.5. The standard InChI is InChI=1S/C20H22FN5O3/c1-4-9-26-19(27)8-6-15(24-26)20(28)25(2)18-11-16(22-12-23-18)14-10-13(21)5-7-17(14)29-3/h5,7,10-12H,4,6,8-9H2,1-3H3. The van der Waals surface area contributed by atoms with Crippen molar-refractivity contribution < 1.29 is 18.7 Å². The number of benzene rings is 1. The number of ether oxygens (including phenoxy) is 1. The van der Waals surface area contributed by atoms with Gasteiger partial charge in [-0.25, -0.2) is 19.4 Å². The third-order valence-corrected chi connectivity index (χ3v) is 4.53. The summed E-state index contributed by atoms with van der Waals surface area (Å²) in [6.07, 6.45) is 2.57. The molecule has 0 fully saturated rings. The molecule has 0 aliphatic carbocycles. The zero-order chi connectivity index (χ0) is 21.0. The van der Waals surface area contributed by atoms with Gasteiger partial charge in [0.15, 0.2) is 0 Å². The van der Waals surface area contributed by atoms with Crippen molar-refractivity contribution in [3.63, 3.8) is 0 Å². The van der Waals surface area contributed by atoms with Crippen LogP contribution in [0.3, 0.4) is 0 Å². The summed E-state index contributed by atoms with van der Waals surface area (Å²) < 4.78 is 19.0. The number of carbonyl (C=O) groups is 2. The zero-order valence-corrected chi connectivity index (χ0v) is 16.6. The van der Waals surface area contributed by atoms with E-state index in [2.05, 4.69) is 15.1 Å². The predicted molar refractivity (Wildman–Crippen MR) is 106 cm³/mol. The van der Waals surface area contributed by atoms with Gasteiger partial charge in [-0.15, -0.1) is 0 Å². The molecule has 1 aromatic carbocycles. The Morgan fingerprint density at radius 3 is 2.79 bits per heavy atom. The van der Waals surface area contributed by atoms with E-state index in [0.717, 1.165) is 6.42 Å². The van der Waals surface area contributed by atoms with Crippen LogP contribution in [0, 0.1) is 5.82 Å². The molecule has 1 aliphatic rings. The highest BCUT2D eigenvalue weighted by molar-refractivity contribution is 6.44. The SMILES string of the molecule is CCCN1N=C(C(=O)N(C)c2cc(-c3cc(F)ccc3OC)ncn2)CCC1=O. The van der Waals surface area contributed by atoms with Crippen LogP contribution in [0.5, 0.6) is 5.75 Å². The lowest BCUT2D eigenvalue weighted by atomic mass is 10.1. The lowest BCUT2D eigenvalue weighted by Crippen LogP contribution is -2.40. The van der Waals surface area contributed by atoms with Crippen LogP contribution in [0.25, 0.3) is 11.3 Å². The molecule has 3 rings (SSSR count).